The van der Waals surface area contributed by atoms with Crippen LogP contribution in [0.15, 0.2) is 55.0 Å². The summed E-state index contributed by atoms with van der Waals surface area (Å²) in [7, 11) is 0. The van der Waals surface area contributed by atoms with Crippen molar-refractivity contribution >= 4 is 17.3 Å². The molecule has 5 rings (SSSR count). The molecule has 3 aromatic rings. The number of hydrogen-bond donors (Lipinski definition) is 3. The zero-order chi connectivity index (χ0) is 23.0. The normalized spacial score (nSPS) is 17.7. The van der Waals surface area contributed by atoms with Crippen molar-refractivity contribution in [2.24, 2.45) is 0 Å². The van der Waals surface area contributed by atoms with E-state index in [0.717, 1.165) is 59.8 Å². The maximum atomic E-state index is 12.8. The molecule has 1 amide bonds. The van der Waals surface area contributed by atoms with E-state index < -0.39 is 23.8 Å². The van der Waals surface area contributed by atoms with E-state index in [2.05, 4.69) is 37.1 Å². The van der Waals surface area contributed by atoms with Crippen LogP contribution in [0, 0.1) is 0 Å². The molecule has 1 unspecified atom stereocenters. The number of halogens is 3. The van der Waals surface area contributed by atoms with Gasteiger partial charge in [-0.1, -0.05) is 6.07 Å². The number of aromatic nitrogens is 2. The number of pyridine rings is 2. The lowest BCUT2D eigenvalue weighted by Gasteiger charge is -2.30. The van der Waals surface area contributed by atoms with Gasteiger partial charge in [0.15, 0.2) is 0 Å². The molecular formula is C23H21F3N6O. The van der Waals surface area contributed by atoms with Gasteiger partial charge < -0.3 is 10.7 Å². The SMILES string of the molecule is O=C(Nc1ccc(C(F)(F)F)nc1)C1NNc2ccc(-c3cncc(CN4CCC4)c3)cc21. The molecule has 2 aromatic heterocycles. The molecule has 4 heterocycles. The molecule has 7 nitrogen and oxygen atoms in total. The first-order chi connectivity index (χ1) is 15.9. The molecule has 1 saturated heterocycles. The third-order valence-electron chi connectivity index (χ3n) is 5.78. The first-order valence-electron chi connectivity index (χ1n) is 10.5. The fourth-order valence-electron chi connectivity index (χ4n) is 3.91. The maximum Gasteiger partial charge on any atom is 0.433 e. The Morgan fingerprint density at radius 2 is 1.94 bits per heavy atom. The Bertz CT molecular complexity index is 1180. The first-order valence-corrected chi connectivity index (χ1v) is 10.5. The number of rotatable bonds is 5. The van der Waals surface area contributed by atoms with E-state index in [4.69, 9.17) is 0 Å². The van der Waals surface area contributed by atoms with Gasteiger partial charge in [-0.05, 0) is 61.0 Å². The topological polar surface area (TPSA) is 82.2 Å². The van der Waals surface area contributed by atoms with Crippen LogP contribution >= 0.6 is 0 Å². The molecule has 0 bridgehead atoms. The van der Waals surface area contributed by atoms with Crippen LogP contribution in [0.4, 0.5) is 24.5 Å². The molecule has 1 atom stereocenters. The van der Waals surface area contributed by atoms with Gasteiger partial charge in [0.2, 0.25) is 5.91 Å². The van der Waals surface area contributed by atoms with Gasteiger partial charge in [0.1, 0.15) is 11.7 Å². The van der Waals surface area contributed by atoms with E-state index >= 15 is 0 Å². The quantitative estimate of drug-likeness (QED) is 0.541. The van der Waals surface area contributed by atoms with Crippen molar-refractivity contribution in [2.75, 3.05) is 23.8 Å². The minimum Gasteiger partial charge on any atom is -0.323 e. The zero-order valence-corrected chi connectivity index (χ0v) is 17.5. The third-order valence-corrected chi connectivity index (χ3v) is 5.78. The zero-order valence-electron chi connectivity index (χ0n) is 17.5. The minimum atomic E-state index is -4.53. The van der Waals surface area contributed by atoms with Crippen LogP contribution in [0.2, 0.25) is 0 Å². The molecule has 170 valence electrons. The lowest BCUT2D eigenvalue weighted by atomic mass is 9.98. The molecule has 3 N–H and O–H groups in total. The Hall–Kier alpha value is -3.50. The summed E-state index contributed by atoms with van der Waals surface area (Å²) in [5.41, 5.74) is 9.57. The molecule has 2 aliphatic heterocycles. The molecule has 0 aliphatic carbocycles. The number of hydrogen-bond acceptors (Lipinski definition) is 6. The van der Waals surface area contributed by atoms with Crippen molar-refractivity contribution < 1.29 is 18.0 Å². The van der Waals surface area contributed by atoms with E-state index in [-0.39, 0.29) is 5.69 Å². The number of likely N-dealkylation sites (tertiary alicyclic amines) is 1. The summed E-state index contributed by atoms with van der Waals surface area (Å²) < 4.78 is 38.1. The van der Waals surface area contributed by atoms with Gasteiger partial charge in [-0.2, -0.15) is 13.2 Å². The Morgan fingerprint density at radius 3 is 2.64 bits per heavy atom. The third kappa shape index (κ3) is 4.53. The van der Waals surface area contributed by atoms with Gasteiger partial charge in [0.05, 0.1) is 17.6 Å². The van der Waals surface area contributed by atoms with Crippen molar-refractivity contribution in [1.29, 1.82) is 0 Å². The number of amides is 1. The van der Waals surface area contributed by atoms with Gasteiger partial charge in [-0.3, -0.25) is 14.7 Å². The average molecular weight is 454 g/mol. The van der Waals surface area contributed by atoms with E-state index in [1.807, 2.05) is 24.4 Å². The van der Waals surface area contributed by atoms with E-state index in [9.17, 15) is 18.0 Å². The van der Waals surface area contributed by atoms with Crippen molar-refractivity contribution in [3.63, 3.8) is 0 Å². The standard InChI is InChI=1S/C23H21F3N6O/c24-23(25,26)20-5-3-17(12-28-20)29-22(33)21-18-9-15(2-4-19(18)30-31-21)16-8-14(10-27-11-16)13-32-6-1-7-32/h2-5,8-12,21,30-31H,1,6-7,13H2,(H,29,33). The summed E-state index contributed by atoms with van der Waals surface area (Å²) in [4.78, 5) is 23.0. The first kappa shape index (κ1) is 21.4. The number of hydrazine groups is 1. The molecule has 0 radical (unpaired) electrons. The second-order valence-corrected chi connectivity index (χ2v) is 8.14. The van der Waals surface area contributed by atoms with Crippen LogP contribution in [0.1, 0.15) is 29.3 Å². The van der Waals surface area contributed by atoms with Gasteiger partial charge in [0.25, 0.3) is 0 Å². The highest BCUT2D eigenvalue weighted by atomic mass is 19.4. The number of fused-ring (bicyclic) bond motifs is 1. The van der Waals surface area contributed by atoms with Gasteiger partial charge >= 0.3 is 6.18 Å². The van der Waals surface area contributed by atoms with Gasteiger partial charge in [-0.25, -0.2) is 10.4 Å². The molecule has 0 spiro atoms. The predicted molar refractivity (Wildman–Crippen MR) is 117 cm³/mol. The lowest BCUT2D eigenvalue weighted by Crippen LogP contribution is -2.36. The minimum absolute atomic E-state index is 0.183. The second kappa shape index (κ2) is 8.45. The molecule has 2 aliphatic rings. The molecular weight excluding hydrogens is 433 g/mol. The Balaban J connectivity index is 1.33. The number of carbonyl (C=O) groups excluding carboxylic acids is 1. The summed E-state index contributed by atoms with van der Waals surface area (Å²) in [5, 5.41) is 2.62. The van der Waals surface area contributed by atoms with Gasteiger partial charge in [-0.15, -0.1) is 0 Å². The van der Waals surface area contributed by atoms with Crippen LogP contribution < -0.4 is 16.2 Å². The summed E-state index contributed by atoms with van der Waals surface area (Å²) >= 11 is 0. The highest BCUT2D eigenvalue weighted by Crippen LogP contribution is 2.34. The summed E-state index contributed by atoms with van der Waals surface area (Å²) in [6.07, 6.45) is 1.35. The Labute approximate surface area is 188 Å². The number of alkyl halides is 3. The van der Waals surface area contributed by atoms with Crippen LogP contribution in [0.5, 0.6) is 0 Å². The maximum absolute atomic E-state index is 12.8. The Kier molecular flexibility index (Phi) is 5.47. The summed E-state index contributed by atoms with van der Waals surface area (Å²) in [6, 6.07) is 9.16. The number of nitrogens with one attached hydrogen (secondary N) is 3. The Morgan fingerprint density at radius 1 is 1.09 bits per heavy atom. The number of nitrogens with zero attached hydrogens (tertiary/aromatic N) is 3. The fourth-order valence-corrected chi connectivity index (χ4v) is 3.91. The highest BCUT2D eigenvalue weighted by molar-refractivity contribution is 5.97. The lowest BCUT2D eigenvalue weighted by molar-refractivity contribution is -0.141. The van der Waals surface area contributed by atoms with Crippen molar-refractivity contribution in [2.45, 2.75) is 25.2 Å². The number of anilines is 2. The molecule has 0 saturated carbocycles. The number of carbonyl (C=O) groups is 1. The van der Waals surface area contributed by atoms with Crippen molar-refractivity contribution in [3.8, 4) is 11.1 Å². The van der Waals surface area contributed by atoms with Crippen molar-refractivity contribution in [3.05, 3.63) is 71.8 Å². The van der Waals surface area contributed by atoms with Crippen LogP contribution in [0.3, 0.4) is 0 Å². The highest BCUT2D eigenvalue weighted by Gasteiger charge is 2.33. The number of benzene rings is 1. The molecule has 1 aromatic carbocycles. The largest absolute Gasteiger partial charge is 0.433 e. The average Bonchev–Trinajstić information content (AvgIpc) is 3.20. The van der Waals surface area contributed by atoms with Crippen LogP contribution in [0.25, 0.3) is 11.1 Å². The molecule has 10 heteroatoms. The fraction of sp³-hybridized carbons (Fsp3) is 0.261. The summed E-state index contributed by atoms with van der Waals surface area (Å²) in [6.45, 7) is 3.07. The van der Waals surface area contributed by atoms with Gasteiger partial charge in [0, 0.05) is 30.1 Å². The van der Waals surface area contributed by atoms with E-state index in [1.54, 1.807) is 6.20 Å². The predicted octanol–water partition coefficient (Wildman–Crippen LogP) is 3.98. The molecule has 33 heavy (non-hydrogen) atoms. The van der Waals surface area contributed by atoms with Crippen LogP contribution in [-0.2, 0) is 17.5 Å². The smallest absolute Gasteiger partial charge is 0.323 e. The van der Waals surface area contributed by atoms with Crippen LogP contribution in [-0.4, -0.2) is 33.9 Å². The summed E-state index contributed by atoms with van der Waals surface area (Å²) in [5.74, 6) is -0.412. The second-order valence-electron chi connectivity index (χ2n) is 8.14. The van der Waals surface area contributed by atoms with E-state index in [1.165, 1.54) is 12.5 Å². The molecule has 1 fully saturated rings. The van der Waals surface area contributed by atoms with E-state index in [0.29, 0.717) is 0 Å². The van der Waals surface area contributed by atoms with Crippen molar-refractivity contribution in [1.82, 2.24) is 20.3 Å². The monoisotopic (exact) mass is 454 g/mol.